The topological polar surface area (TPSA) is 130 Å². The molecular formula is C34H36N2O6. The van der Waals surface area contributed by atoms with E-state index in [1.54, 1.807) is 42.5 Å². The highest BCUT2D eigenvalue weighted by atomic mass is 16.3. The Kier molecular flexibility index (Phi) is 8.87. The average Bonchev–Trinajstić information content (AvgIpc) is 3.24. The molecule has 1 aliphatic heterocycles. The fourth-order valence-electron chi connectivity index (χ4n) is 6.23. The van der Waals surface area contributed by atoms with Crippen molar-refractivity contribution in [2.45, 2.75) is 32.3 Å². The van der Waals surface area contributed by atoms with Gasteiger partial charge in [0, 0.05) is 17.3 Å². The van der Waals surface area contributed by atoms with Gasteiger partial charge in [-0.1, -0.05) is 42.0 Å². The Morgan fingerprint density at radius 3 is 2.36 bits per heavy atom. The van der Waals surface area contributed by atoms with Gasteiger partial charge in [0.15, 0.2) is 0 Å². The molecule has 5 rings (SSSR count). The Balaban J connectivity index is 1.33. The molecule has 3 aromatic carbocycles. The molecule has 1 heterocycles. The number of aliphatic hydroxyl groups excluding tert-OH is 3. The lowest BCUT2D eigenvalue weighted by atomic mass is 9.68. The van der Waals surface area contributed by atoms with Gasteiger partial charge < -0.3 is 25.7 Å². The lowest BCUT2D eigenvalue weighted by Gasteiger charge is -2.36. The summed E-state index contributed by atoms with van der Waals surface area (Å²) in [5.41, 5.74) is 4.93. The first kappa shape index (κ1) is 29.3. The molecule has 4 atom stereocenters. The number of nitrogens with one attached hydrogen (secondary N) is 1. The molecule has 1 saturated heterocycles. The van der Waals surface area contributed by atoms with E-state index < -0.39 is 36.4 Å². The number of para-hydroxylation sites is 1. The molecule has 8 heteroatoms. The number of amides is 2. The number of nitrogens with zero attached hydrogens (tertiary/aromatic N) is 1. The number of hydrogen-bond acceptors (Lipinski definition) is 7. The lowest BCUT2D eigenvalue weighted by Crippen LogP contribution is -2.39. The highest BCUT2D eigenvalue weighted by molar-refractivity contribution is 6.22. The third-order valence-electron chi connectivity index (χ3n) is 8.21. The Morgan fingerprint density at radius 1 is 0.976 bits per heavy atom. The number of rotatable bonds is 10. The Hall–Kier alpha value is -4.24. The number of phenols is 1. The summed E-state index contributed by atoms with van der Waals surface area (Å²) in [7, 11) is 0. The van der Waals surface area contributed by atoms with Crippen LogP contribution in [-0.4, -0.2) is 51.6 Å². The van der Waals surface area contributed by atoms with E-state index in [9.17, 15) is 30.0 Å². The largest absolute Gasteiger partial charge is 0.508 e. The summed E-state index contributed by atoms with van der Waals surface area (Å²) in [6.07, 6.45) is 1.91. The molecule has 8 nitrogen and oxygen atoms in total. The monoisotopic (exact) mass is 568 g/mol. The van der Waals surface area contributed by atoms with Crippen LogP contribution in [0.5, 0.6) is 5.75 Å². The maximum absolute atomic E-state index is 13.7. The van der Waals surface area contributed by atoms with Crippen LogP contribution < -0.4 is 10.2 Å². The van der Waals surface area contributed by atoms with Crippen molar-refractivity contribution in [3.8, 4) is 5.75 Å². The number of carbonyl (C=O) groups is 2. The minimum Gasteiger partial charge on any atom is -0.508 e. The number of aromatic hydroxyl groups is 1. The van der Waals surface area contributed by atoms with Crippen molar-refractivity contribution in [1.29, 1.82) is 0 Å². The smallest absolute Gasteiger partial charge is 0.238 e. The molecular weight excluding hydrogens is 532 g/mol. The van der Waals surface area contributed by atoms with Gasteiger partial charge in [-0.15, -0.1) is 0 Å². The molecule has 1 fully saturated rings. The van der Waals surface area contributed by atoms with Crippen molar-refractivity contribution in [3.63, 3.8) is 0 Å². The SMILES string of the molecule is C/C(=C\c1cccc(O)c1)CC[C@@H](O)C1=C(CO)C[C@H]2C(=O)N(c3ccc(Nc4ccccc4)cc3)C(=O)[C@H]2[C@H]1CO. The number of allylic oxidation sites excluding steroid dienone is 1. The maximum atomic E-state index is 13.7. The van der Waals surface area contributed by atoms with E-state index in [0.717, 1.165) is 22.5 Å². The summed E-state index contributed by atoms with van der Waals surface area (Å²) in [6, 6.07) is 23.5. The van der Waals surface area contributed by atoms with E-state index in [4.69, 9.17) is 0 Å². The molecule has 0 unspecified atom stereocenters. The molecule has 2 aliphatic rings. The van der Waals surface area contributed by atoms with Crippen molar-refractivity contribution in [3.05, 3.63) is 101 Å². The first-order valence-electron chi connectivity index (χ1n) is 14.2. The standard InChI is InChI=1S/C34H36N2O6/c1-21(16-22-6-5-9-27(39)17-22)10-15-30(40)31-23(19-37)18-28-32(29(31)20-38)34(42)36(33(28)41)26-13-11-25(12-14-26)35-24-7-3-2-4-8-24/h2-9,11-14,16-17,28-30,32,35,37-40H,10,15,18-20H2,1H3/b21-16+/t28-,29+,30-,32-/m1/s1. The zero-order chi connectivity index (χ0) is 29.8. The second kappa shape index (κ2) is 12.7. The van der Waals surface area contributed by atoms with Gasteiger partial charge in [-0.2, -0.15) is 0 Å². The normalized spacial score (nSPS) is 21.5. The second-order valence-corrected chi connectivity index (χ2v) is 11.0. The van der Waals surface area contributed by atoms with E-state index in [1.807, 2.05) is 49.4 Å². The minimum atomic E-state index is -1.00. The van der Waals surface area contributed by atoms with Crippen LogP contribution in [0.15, 0.2) is 95.6 Å². The molecule has 218 valence electrons. The van der Waals surface area contributed by atoms with Gasteiger partial charge >= 0.3 is 0 Å². The summed E-state index contributed by atoms with van der Waals surface area (Å²) in [5.74, 6) is -2.93. The van der Waals surface area contributed by atoms with Crippen LogP contribution in [0.4, 0.5) is 17.1 Å². The maximum Gasteiger partial charge on any atom is 0.238 e. The summed E-state index contributed by atoms with van der Waals surface area (Å²) in [6.45, 7) is 1.13. The molecule has 2 amide bonds. The Morgan fingerprint density at radius 2 is 1.69 bits per heavy atom. The zero-order valence-corrected chi connectivity index (χ0v) is 23.5. The lowest BCUT2D eigenvalue weighted by molar-refractivity contribution is -0.123. The van der Waals surface area contributed by atoms with Gasteiger partial charge in [-0.3, -0.25) is 14.5 Å². The first-order valence-corrected chi connectivity index (χ1v) is 14.2. The zero-order valence-electron chi connectivity index (χ0n) is 23.5. The third-order valence-corrected chi connectivity index (χ3v) is 8.21. The summed E-state index contributed by atoms with van der Waals surface area (Å²) in [5, 5.41) is 45.0. The minimum absolute atomic E-state index is 0.150. The van der Waals surface area contributed by atoms with Crippen LogP contribution in [0.1, 0.15) is 31.7 Å². The van der Waals surface area contributed by atoms with Gasteiger partial charge in [0.1, 0.15) is 5.75 Å². The number of phenolic OH excluding ortho intramolecular Hbond substituents is 1. The molecule has 0 bridgehead atoms. The number of fused-ring (bicyclic) bond motifs is 1. The van der Waals surface area contributed by atoms with Crippen LogP contribution in [0, 0.1) is 17.8 Å². The number of hydrogen-bond donors (Lipinski definition) is 5. The van der Waals surface area contributed by atoms with Gasteiger partial charge in [0.05, 0.1) is 36.8 Å². The van der Waals surface area contributed by atoms with E-state index in [2.05, 4.69) is 5.32 Å². The van der Waals surface area contributed by atoms with Crippen molar-refractivity contribution < 1.29 is 30.0 Å². The molecule has 0 saturated carbocycles. The fraction of sp³-hybridized carbons (Fsp3) is 0.294. The summed E-state index contributed by atoms with van der Waals surface area (Å²) in [4.78, 5) is 28.5. The molecule has 0 aromatic heterocycles. The van der Waals surface area contributed by atoms with E-state index in [0.29, 0.717) is 29.7 Å². The Labute approximate surface area is 245 Å². The van der Waals surface area contributed by atoms with Crippen molar-refractivity contribution in [1.82, 2.24) is 0 Å². The summed E-state index contributed by atoms with van der Waals surface area (Å²) >= 11 is 0. The first-order chi connectivity index (χ1) is 20.3. The molecule has 1 aliphatic carbocycles. The van der Waals surface area contributed by atoms with Crippen LogP contribution in [0.3, 0.4) is 0 Å². The van der Waals surface area contributed by atoms with Crippen LogP contribution in [0.25, 0.3) is 6.08 Å². The van der Waals surface area contributed by atoms with Crippen LogP contribution in [-0.2, 0) is 9.59 Å². The van der Waals surface area contributed by atoms with Gasteiger partial charge in [0.25, 0.3) is 0 Å². The number of imide groups is 1. The third kappa shape index (κ3) is 6.01. The van der Waals surface area contributed by atoms with Gasteiger partial charge in [-0.25, -0.2) is 0 Å². The van der Waals surface area contributed by atoms with Crippen molar-refractivity contribution in [2.75, 3.05) is 23.4 Å². The van der Waals surface area contributed by atoms with Gasteiger partial charge in [-0.05, 0) is 91.4 Å². The highest BCUT2D eigenvalue weighted by Crippen LogP contribution is 2.47. The Bertz CT molecular complexity index is 1500. The van der Waals surface area contributed by atoms with E-state index in [-0.39, 0.29) is 24.7 Å². The van der Waals surface area contributed by atoms with Crippen molar-refractivity contribution >= 4 is 35.0 Å². The van der Waals surface area contributed by atoms with Crippen LogP contribution >= 0.6 is 0 Å². The second-order valence-electron chi connectivity index (χ2n) is 11.0. The molecule has 5 N–H and O–H groups in total. The molecule has 0 spiro atoms. The van der Waals surface area contributed by atoms with E-state index >= 15 is 0 Å². The highest BCUT2D eigenvalue weighted by Gasteiger charge is 2.55. The fourth-order valence-corrected chi connectivity index (χ4v) is 6.23. The predicted octanol–water partition coefficient (Wildman–Crippen LogP) is 4.79. The number of anilines is 3. The predicted molar refractivity (Wildman–Crippen MR) is 162 cm³/mol. The summed E-state index contributed by atoms with van der Waals surface area (Å²) < 4.78 is 0. The number of benzene rings is 3. The van der Waals surface area contributed by atoms with Crippen molar-refractivity contribution in [2.24, 2.45) is 17.8 Å². The van der Waals surface area contributed by atoms with Crippen LogP contribution in [0.2, 0.25) is 0 Å². The molecule has 0 radical (unpaired) electrons. The molecule has 42 heavy (non-hydrogen) atoms. The number of carbonyl (C=O) groups excluding carboxylic acids is 2. The van der Waals surface area contributed by atoms with Gasteiger partial charge in [0.2, 0.25) is 11.8 Å². The molecule has 3 aromatic rings. The number of aliphatic hydroxyl groups is 3. The van der Waals surface area contributed by atoms with E-state index in [1.165, 1.54) is 4.90 Å². The quantitative estimate of drug-likeness (QED) is 0.176. The average molecular weight is 569 g/mol.